The summed E-state index contributed by atoms with van der Waals surface area (Å²) in [5.41, 5.74) is 4.33. The number of aromatic amines is 1. The molecule has 1 amide bonds. The van der Waals surface area contributed by atoms with Crippen molar-refractivity contribution in [2.24, 2.45) is 5.41 Å². The second-order valence-corrected chi connectivity index (χ2v) is 20.3. The smallest absolute Gasteiger partial charge is 0.316 e. The third-order valence-corrected chi connectivity index (χ3v) is 15.8. The number of nitrogens with one attached hydrogen (secondary N) is 2. The minimum Gasteiger partial charge on any atom is -0.485 e. The molecule has 1 spiro atoms. The van der Waals surface area contributed by atoms with E-state index in [0.717, 1.165) is 55.1 Å². The van der Waals surface area contributed by atoms with E-state index in [2.05, 4.69) is 53.7 Å². The number of hydrogen-bond acceptors (Lipinski definition) is 13. The van der Waals surface area contributed by atoms with Crippen LogP contribution in [0.2, 0.25) is 0 Å². The number of hydrogen-bond donors (Lipinski definition) is 2. The number of carbonyl (C=O) groups is 1. The average Bonchev–Trinajstić information content (AvgIpc) is 3.85. The summed E-state index contributed by atoms with van der Waals surface area (Å²) in [4.78, 5) is 39.9. The summed E-state index contributed by atoms with van der Waals surface area (Å²) < 4.78 is 53.6. The second kappa shape index (κ2) is 16.9. The van der Waals surface area contributed by atoms with Crippen molar-refractivity contribution in [3.05, 3.63) is 106 Å². The number of aromatic nitrogens is 2. The summed E-state index contributed by atoms with van der Waals surface area (Å²) in [6.45, 7) is 5.90. The third-order valence-electron chi connectivity index (χ3n) is 14.5. The van der Waals surface area contributed by atoms with E-state index in [1.807, 2.05) is 12.1 Å². The number of nitro benzene ring substituents is 1. The maximum atomic E-state index is 14.1. The molecule has 3 aromatic carbocycles. The van der Waals surface area contributed by atoms with Crippen molar-refractivity contribution in [1.29, 1.82) is 0 Å². The highest BCUT2D eigenvalue weighted by molar-refractivity contribution is 7.90. The fraction of sp³-hybridized carbons (Fsp3) is 0.458. The van der Waals surface area contributed by atoms with Gasteiger partial charge in [-0.15, -0.1) is 0 Å². The molecule has 340 valence electrons. The molecule has 5 fully saturated rings. The van der Waals surface area contributed by atoms with Crippen LogP contribution in [0.25, 0.3) is 11.0 Å². The van der Waals surface area contributed by atoms with Gasteiger partial charge in [0.05, 0.1) is 34.8 Å². The number of H-pyrrole nitrogens is 1. The van der Waals surface area contributed by atoms with Gasteiger partial charge in [-0.3, -0.25) is 24.7 Å². The largest absolute Gasteiger partial charge is 0.485 e. The highest BCUT2D eigenvalue weighted by Crippen LogP contribution is 2.55. The van der Waals surface area contributed by atoms with Gasteiger partial charge in [0.1, 0.15) is 29.9 Å². The number of nitro groups is 1. The third kappa shape index (κ3) is 8.39. The van der Waals surface area contributed by atoms with Crippen molar-refractivity contribution >= 4 is 38.3 Å². The molecule has 6 heterocycles. The van der Waals surface area contributed by atoms with Crippen molar-refractivity contribution in [2.45, 2.75) is 80.4 Å². The number of pyridine rings is 1. The molecule has 4 aliphatic heterocycles. The number of benzene rings is 3. The Morgan fingerprint density at radius 1 is 0.969 bits per heavy atom. The molecular formula is C48H53N7O9S. The van der Waals surface area contributed by atoms with Gasteiger partial charge in [0.2, 0.25) is 5.75 Å². The summed E-state index contributed by atoms with van der Waals surface area (Å²) in [5.74, 6) is 0.0196. The lowest BCUT2D eigenvalue weighted by atomic mass is 9.59. The monoisotopic (exact) mass is 903 g/mol. The summed E-state index contributed by atoms with van der Waals surface area (Å²) in [6.07, 6.45) is 12.4. The van der Waals surface area contributed by atoms with Crippen molar-refractivity contribution in [3.63, 3.8) is 0 Å². The summed E-state index contributed by atoms with van der Waals surface area (Å²) in [7, 11) is -4.67. The number of anilines is 1. The quantitative estimate of drug-likeness (QED) is 0.0940. The fourth-order valence-electron chi connectivity index (χ4n) is 10.9. The van der Waals surface area contributed by atoms with Gasteiger partial charge in [0, 0.05) is 80.3 Å². The molecule has 5 aromatic rings. The van der Waals surface area contributed by atoms with Gasteiger partial charge in [-0.2, -0.15) is 0 Å². The van der Waals surface area contributed by atoms with Crippen LogP contribution in [-0.4, -0.2) is 110 Å². The summed E-state index contributed by atoms with van der Waals surface area (Å²) >= 11 is 0. The molecular weight excluding hydrogens is 851 g/mol. The van der Waals surface area contributed by atoms with Gasteiger partial charge in [0.25, 0.3) is 15.9 Å². The molecule has 0 bridgehead atoms. The minimum absolute atomic E-state index is 0.0387. The molecule has 2 saturated carbocycles. The first-order valence-corrected chi connectivity index (χ1v) is 24.4. The molecule has 3 saturated heterocycles. The predicted octanol–water partition coefficient (Wildman–Crippen LogP) is 7.32. The second-order valence-electron chi connectivity index (χ2n) is 18.6. The van der Waals surface area contributed by atoms with E-state index in [4.69, 9.17) is 18.9 Å². The van der Waals surface area contributed by atoms with Crippen LogP contribution < -0.4 is 23.8 Å². The van der Waals surface area contributed by atoms with Crippen molar-refractivity contribution in [3.8, 4) is 23.0 Å². The molecule has 2 atom stereocenters. The SMILES string of the molecule is O=C(NS(=O)(=O)c1cc2c(c([N+](=O)[O-])c1)O[C@H](CN1CCOCC1)CO2)c1ccc(N2CCC3(CC2)CC(N2CCC[C@@H]2c2ccccc2C2CC2)C3)cc1Oc1cnc2[nH]ccc2c1. The van der Waals surface area contributed by atoms with Crippen LogP contribution in [0.4, 0.5) is 11.4 Å². The Bertz CT molecular complexity index is 2740. The molecule has 0 unspecified atom stereocenters. The first-order valence-electron chi connectivity index (χ1n) is 22.9. The van der Waals surface area contributed by atoms with E-state index in [0.29, 0.717) is 61.7 Å². The van der Waals surface area contributed by atoms with Gasteiger partial charge in [0.15, 0.2) is 5.75 Å². The van der Waals surface area contributed by atoms with E-state index in [9.17, 15) is 23.3 Å². The number of nitrogens with zero attached hydrogens (tertiary/aromatic N) is 5. The zero-order valence-electron chi connectivity index (χ0n) is 36.2. The lowest BCUT2D eigenvalue weighted by molar-refractivity contribution is -0.386. The molecule has 6 aliphatic rings. The molecule has 65 heavy (non-hydrogen) atoms. The lowest BCUT2D eigenvalue weighted by Gasteiger charge is -2.56. The molecule has 17 heteroatoms. The maximum absolute atomic E-state index is 14.1. The first-order chi connectivity index (χ1) is 31.6. The number of carbonyl (C=O) groups excluding carboxylic acids is 1. The number of amides is 1. The van der Waals surface area contributed by atoms with Crippen LogP contribution in [0.1, 0.15) is 84.8 Å². The Hall–Kier alpha value is -5.75. The average molecular weight is 904 g/mol. The predicted molar refractivity (Wildman–Crippen MR) is 242 cm³/mol. The summed E-state index contributed by atoms with van der Waals surface area (Å²) in [5, 5.41) is 13.1. The molecule has 2 aliphatic carbocycles. The van der Waals surface area contributed by atoms with E-state index in [-0.39, 0.29) is 29.4 Å². The zero-order chi connectivity index (χ0) is 44.3. The van der Waals surface area contributed by atoms with Crippen LogP contribution in [0, 0.1) is 15.5 Å². The number of fused-ring (bicyclic) bond motifs is 2. The van der Waals surface area contributed by atoms with E-state index >= 15 is 0 Å². The Kier molecular flexibility index (Phi) is 10.9. The zero-order valence-corrected chi connectivity index (χ0v) is 37.0. The number of piperidine rings is 1. The van der Waals surface area contributed by atoms with Gasteiger partial charge < -0.3 is 28.8 Å². The Labute approximate surface area is 377 Å². The van der Waals surface area contributed by atoms with E-state index in [1.54, 1.807) is 35.5 Å². The number of likely N-dealkylation sites (tertiary alicyclic amines) is 1. The molecule has 2 N–H and O–H groups in total. The highest BCUT2D eigenvalue weighted by atomic mass is 32.2. The van der Waals surface area contributed by atoms with Gasteiger partial charge in [-0.05, 0) is 105 Å². The molecule has 0 radical (unpaired) electrons. The van der Waals surface area contributed by atoms with Crippen molar-refractivity contribution < 1.29 is 37.1 Å². The highest BCUT2D eigenvalue weighted by Gasteiger charge is 2.50. The van der Waals surface area contributed by atoms with Crippen molar-refractivity contribution in [2.75, 3.05) is 64.0 Å². The normalized spacial score (nSPS) is 22.5. The first kappa shape index (κ1) is 41.9. The Morgan fingerprint density at radius 3 is 2.55 bits per heavy atom. The number of morpholine rings is 1. The standard InChI is InChI=1S/C48H53N7O9S/c56-47(51-65(59,60)37-24-42(55(57)58)45-44(25-37)62-30-36(64-45)29-52-18-20-61-21-19-52)40-10-9-33(23-43(40)63-35-22-32-11-14-49-46(32)50-28-35)53-16-12-48(13-17-53)26-34(27-48)54-15-3-6-41(54)39-5-2-1-4-38(39)31-7-8-31/h1-2,4-5,9-11,14,22-25,28,31,34,36,41H,3,6-8,12-13,15-21,26-27,29-30H2,(H,49,50)(H,51,56)/t36-,41-/m1/s1. The van der Waals surface area contributed by atoms with Crippen LogP contribution in [-0.2, 0) is 14.8 Å². The lowest BCUT2D eigenvalue weighted by Crippen LogP contribution is -2.54. The van der Waals surface area contributed by atoms with E-state index in [1.165, 1.54) is 51.3 Å². The molecule has 11 rings (SSSR count). The summed E-state index contributed by atoms with van der Waals surface area (Å²) in [6, 6.07) is 21.1. The molecule has 16 nitrogen and oxygen atoms in total. The topological polar surface area (TPSA) is 182 Å². The maximum Gasteiger partial charge on any atom is 0.316 e. The van der Waals surface area contributed by atoms with E-state index < -0.39 is 37.5 Å². The van der Waals surface area contributed by atoms with Crippen LogP contribution in [0.15, 0.2) is 84.0 Å². The van der Waals surface area contributed by atoms with Gasteiger partial charge in [-0.25, -0.2) is 18.1 Å². The fourth-order valence-corrected chi connectivity index (χ4v) is 11.9. The number of sulfonamides is 1. The van der Waals surface area contributed by atoms with Gasteiger partial charge >= 0.3 is 5.69 Å². The van der Waals surface area contributed by atoms with Crippen LogP contribution in [0.5, 0.6) is 23.0 Å². The Balaban J connectivity index is 0.799. The van der Waals surface area contributed by atoms with Gasteiger partial charge in [-0.1, -0.05) is 24.3 Å². The van der Waals surface area contributed by atoms with Crippen LogP contribution in [0.3, 0.4) is 0 Å². The Morgan fingerprint density at radius 2 is 1.77 bits per heavy atom. The van der Waals surface area contributed by atoms with Crippen molar-refractivity contribution in [1.82, 2.24) is 24.5 Å². The minimum atomic E-state index is -4.67. The van der Waals surface area contributed by atoms with Crippen LogP contribution >= 0.6 is 0 Å². The number of rotatable bonds is 12. The molecule has 2 aromatic heterocycles. The number of ether oxygens (including phenoxy) is 4.